The topological polar surface area (TPSA) is 44.8 Å². The van der Waals surface area contributed by atoms with Crippen LogP contribution in [0.2, 0.25) is 0 Å². The number of hydrogen-bond donors (Lipinski definition) is 0. The SMILES string of the molecule is COC(=O)c1cc(B2OC(C)(C)C(C)(C)O2)sc1C. The second kappa shape index (κ2) is 4.61. The summed E-state index contributed by atoms with van der Waals surface area (Å²) in [7, 11) is 0.959. The molecule has 2 rings (SSSR count). The molecule has 1 aromatic heterocycles. The molecule has 4 nitrogen and oxygen atoms in total. The van der Waals surface area contributed by atoms with E-state index in [-0.39, 0.29) is 17.2 Å². The lowest BCUT2D eigenvalue weighted by molar-refractivity contribution is 0.00578. The lowest BCUT2D eigenvalue weighted by atomic mass is 9.87. The molecule has 6 heteroatoms. The van der Waals surface area contributed by atoms with Crippen LogP contribution in [-0.4, -0.2) is 31.4 Å². The van der Waals surface area contributed by atoms with Crippen molar-refractivity contribution in [3.63, 3.8) is 0 Å². The van der Waals surface area contributed by atoms with Gasteiger partial charge in [-0.25, -0.2) is 4.79 Å². The molecule has 0 unspecified atom stereocenters. The second-order valence-electron chi connectivity index (χ2n) is 5.70. The van der Waals surface area contributed by atoms with E-state index in [1.807, 2.05) is 34.6 Å². The number of ether oxygens (including phenoxy) is 1. The smallest absolute Gasteiger partial charge is 0.465 e. The van der Waals surface area contributed by atoms with Crippen LogP contribution in [0, 0.1) is 6.92 Å². The van der Waals surface area contributed by atoms with Crippen LogP contribution in [0.3, 0.4) is 0 Å². The molecule has 0 bridgehead atoms. The maximum absolute atomic E-state index is 11.6. The molecule has 19 heavy (non-hydrogen) atoms. The number of thiophene rings is 1. The van der Waals surface area contributed by atoms with Crippen LogP contribution in [-0.2, 0) is 14.0 Å². The van der Waals surface area contributed by atoms with Crippen molar-refractivity contribution in [1.82, 2.24) is 0 Å². The molecular weight excluding hydrogens is 263 g/mol. The van der Waals surface area contributed by atoms with Crippen molar-refractivity contribution >= 4 is 29.2 Å². The molecule has 0 aliphatic carbocycles. The fourth-order valence-corrected chi connectivity index (χ4v) is 2.87. The fraction of sp³-hybridized carbons (Fsp3) is 0.615. The Morgan fingerprint density at radius 2 is 1.79 bits per heavy atom. The van der Waals surface area contributed by atoms with Crippen LogP contribution < -0.4 is 4.78 Å². The highest BCUT2D eigenvalue weighted by atomic mass is 32.1. The Morgan fingerprint density at radius 1 is 1.26 bits per heavy atom. The van der Waals surface area contributed by atoms with E-state index in [2.05, 4.69) is 0 Å². The minimum Gasteiger partial charge on any atom is -0.465 e. The minimum absolute atomic E-state index is 0.323. The van der Waals surface area contributed by atoms with E-state index in [0.29, 0.717) is 5.56 Å². The van der Waals surface area contributed by atoms with E-state index in [1.165, 1.54) is 18.4 Å². The average Bonchev–Trinajstić information content (AvgIpc) is 2.77. The summed E-state index contributed by atoms with van der Waals surface area (Å²) in [6.45, 7) is 9.93. The van der Waals surface area contributed by atoms with Crippen LogP contribution in [0.15, 0.2) is 6.07 Å². The third-order valence-corrected chi connectivity index (χ3v) is 4.90. The van der Waals surface area contributed by atoms with E-state index < -0.39 is 7.12 Å². The monoisotopic (exact) mass is 282 g/mol. The number of rotatable bonds is 2. The molecule has 1 aliphatic rings. The normalized spacial score (nSPS) is 20.6. The summed E-state index contributed by atoms with van der Waals surface area (Å²) in [5.41, 5.74) is -0.167. The first-order valence-electron chi connectivity index (χ1n) is 6.22. The van der Waals surface area contributed by atoms with Gasteiger partial charge in [-0.2, -0.15) is 0 Å². The largest absolute Gasteiger partial charge is 0.505 e. The second-order valence-corrected chi connectivity index (χ2v) is 6.99. The Hall–Kier alpha value is -0.845. The van der Waals surface area contributed by atoms with Crippen molar-refractivity contribution in [2.24, 2.45) is 0 Å². The Labute approximate surface area is 118 Å². The molecule has 0 spiro atoms. The van der Waals surface area contributed by atoms with Crippen LogP contribution >= 0.6 is 11.3 Å². The van der Waals surface area contributed by atoms with Gasteiger partial charge in [0.05, 0.1) is 23.9 Å². The van der Waals surface area contributed by atoms with Crippen LogP contribution in [0.5, 0.6) is 0 Å². The highest BCUT2D eigenvalue weighted by Gasteiger charge is 2.52. The molecule has 0 saturated carbocycles. The zero-order chi connectivity index (χ0) is 14.4. The van der Waals surface area contributed by atoms with Crippen molar-refractivity contribution < 1.29 is 18.8 Å². The van der Waals surface area contributed by atoms with E-state index in [0.717, 1.165) is 9.65 Å². The third kappa shape index (κ3) is 2.44. The van der Waals surface area contributed by atoms with E-state index in [9.17, 15) is 4.79 Å². The standard InChI is InChI=1S/C13H19BO4S/c1-8-9(11(15)16-6)7-10(19-8)14-17-12(2,3)13(4,5)18-14/h7H,1-6H3. The molecule has 0 radical (unpaired) electrons. The van der Waals surface area contributed by atoms with Crippen molar-refractivity contribution in [2.75, 3.05) is 7.11 Å². The molecule has 1 fully saturated rings. The van der Waals surface area contributed by atoms with Crippen molar-refractivity contribution in [3.8, 4) is 0 Å². The molecule has 0 amide bonds. The maximum atomic E-state index is 11.6. The van der Waals surface area contributed by atoms with Gasteiger partial charge in [-0.1, -0.05) is 0 Å². The Bertz CT molecular complexity index is 491. The highest BCUT2D eigenvalue weighted by Crippen LogP contribution is 2.37. The Balaban J connectivity index is 2.28. The Kier molecular flexibility index (Phi) is 3.54. The van der Waals surface area contributed by atoms with Crippen LogP contribution in [0.4, 0.5) is 0 Å². The maximum Gasteiger partial charge on any atom is 0.505 e. The number of carbonyl (C=O) groups excluding carboxylic acids is 1. The highest BCUT2D eigenvalue weighted by molar-refractivity contribution is 7.22. The number of carbonyl (C=O) groups is 1. The lowest BCUT2D eigenvalue weighted by Gasteiger charge is -2.32. The van der Waals surface area contributed by atoms with Gasteiger partial charge in [0.25, 0.3) is 0 Å². The van der Waals surface area contributed by atoms with Gasteiger partial charge in [0.2, 0.25) is 0 Å². The predicted octanol–water partition coefficient (Wildman–Crippen LogP) is 2.14. The van der Waals surface area contributed by atoms with E-state index in [1.54, 1.807) is 6.07 Å². The van der Waals surface area contributed by atoms with Gasteiger partial charge in [0, 0.05) is 9.65 Å². The summed E-state index contributed by atoms with van der Waals surface area (Å²) in [5.74, 6) is -0.323. The molecule has 104 valence electrons. The number of methoxy groups -OCH3 is 1. The summed E-state index contributed by atoms with van der Waals surface area (Å²) < 4.78 is 17.6. The quantitative estimate of drug-likeness (QED) is 0.616. The summed E-state index contributed by atoms with van der Waals surface area (Å²) >= 11 is 1.51. The van der Waals surface area contributed by atoms with Gasteiger partial charge in [-0.3, -0.25) is 0 Å². The van der Waals surface area contributed by atoms with Gasteiger partial charge in [0.1, 0.15) is 0 Å². The summed E-state index contributed by atoms with van der Waals surface area (Å²) in [5, 5.41) is 0. The minimum atomic E-state index is -0.424. The summed E-state index contributed by atoms with van der Waals surface area (Å²) in [6.07, 6.45) is 0. The van der Waals surface area contributed by atoms with Crippen LogP contribution in [0.25, 0.3) is 0 Å². The third-order valence-electron chi connectivity index (χ3n) is 3.83. The lowest BCUT2D eigenvalue weighted by Crippen LogP contribution is -2.41. The first-order chi connectivity index (χ1) is 8.68. The Morgan fingerprint density at radius 3 is 2.26 bits per heavy atom. The number of aryl methyl sites for hydroxylation is 1. The van der Waals surface area contributed by atoms with Gasteiger partial charge in [-0.15, -0.1) is 11.3 Å². The van der Waals surface area contributed by atoms with Crippen LogP contribution in [0.1, 0.15) is 42.9 Å². The predicted molar refractivity (Wildman–Crippen MR) is 76.1 cm³/mol. The van der Waals surface area contributed by atoms with Crippen molar-refractivity contribution in [1.29, 1.82) is 0 Å². The molecule has 1 aromatic rings. The number of hydrogen-bond acceptors (Lipinski definition) is 5. The first kappa shape index (κ1) is 14.6. The van der Waals surface area contributed by atoms with Gasteiger partial charge in [0.15, 0.2) is 0 Å². The zero-order valence-electron chi connectivity index (χ0n) is 12.2. The molecule has 2 heterocycles. The van der Waals surface area contributed by atoms with Crippen molar-refractivity contribution in [2.45, 2.75) is 45.8 Å². The van der Waals surface area contributed by atoms with Crippen molar-refractivity contribution in [3.05, 3.63) is 16.5 Å². The molecular formula is C13H19BO4S. The van der Waals surface area contributed by atoms with Gasteiger partial charge in [-0.05, 0) is 40.7 Å². The van der Waals surface area contributed by atoms with E-state index in [4.69, 9.17) is 14.0 Å². The molecule has 0 atom stereocenters. The molecule has 0 aromatic carbocycles. The number of esters is 1. The average molecular weight is 282 g/mol. The molecule has 1 aliphatic heterocycles. The van der Waals surface area contributed by atoms with Gasteiger partial charge >= 0.3 is 13.1 Å². The molecule has 0 N–H and O–H groups in total. The first-order valence-corrected chi connectivity index (χ1v) is 7.04. The molecule has 1 saturated heterocycles. The van der Waals surface area contributed by atoms with Gasteiger partial charge < -0.3 is 14.0 Å². The zero-order valence-corrected chi connectivity index (χ0v) is 13.0. The summed E-state index contributed by atoms with van der Waals surface area (Å²) in [6, 6.07) is 1.80. The van der Waals surface area contributed by atoms with E-state index >= 15 is 0 Å². The summed E-state index contributed by atoms with van der Waals surface area (Å²) in [4.78, 5) is 12.5. The fourth-order valence-electron chi connectivity index (χ4n) is 1.89.